The maximum atomic E-state index is 13.2. The molecule has 0 atom stereocenters. The van der Waals surface area contributed by atoms with Gasteiger partial charge in [0.1, 0.15) is 22.2 Å². The van der Waals surface area contributed by atoms with Gasteiger partial charge in [-0.25, -0.2) is 4.98 Å². The van der Waals surface area contributed by atoms with Gasteiger partial charge < -0.3 is 4.74 Å². The Morgan fingerprint density at radius 3 is 2.77 bits per heavy atom. The highest BCUT2D eigenvalue weighted by Crippen LogP contribution is 2.37. The van der Waals surface area contributed by atoms with Crippen LogP contribution < -0.4 is 10.3 Å². The first-order chi connectivity index (χ1) is 12.5. The minimum atomic E-state index is -0.0810. The summed E-state index contributed by atoms with van der Waals surface area (Å²) in [6, 6.07) is 7.74. The van der Waals surface area contributed by atoms with Gasteiger partial charge in [0.2, 0.25) is 0 Å². The lowest BCUT2D eigenvalue weighted by molar-refractivity contribution is -0.117. The standard InChI is InChI=1S/C20H22N2O3S/c1-5-16-17(14-7-6-8-15(11-14)25-4)18-19(26-16)21-13(3)22(20(18)24)10-9-12(2)23/h6-8,11H,5,9-10H2,1-4H3. The Labute approximate surface area is 156 Å². The molecule has 5 nitrogen and oxygen atoms in total. The SMILES string of the molecule is CCc1sc2nc(C)n(CCC(C)=O)c(=O)c2c1-c1cccc(OC)c1. The molecule has 0 fully saturated rings. The largest absolute Gasteiger partial charge is 0.497 e. The number of rotatable bonds is 6. The maximum absolute atomic E-state index is 13.2. The summed E-state index contributed by atoms with van der Waals surface area (Å²) in [7, 11) is 1.63. The van der Waals surface area contributed by atoms with Crippen LogP contribution in [0.4, 0.5) is 0 Å². The van der Waals surface area contributed by atoms with Crippen LogP contribution in [0.5, 0.6) is 5.75 Å². The second kappa shape index (κ2) is 7.41. The fourth-order valence-corrected chi connectivity index (χ4v) is 4.27. The Hall–Kier alpha value is -2.47. The van der Waals surface area contributed by atoms with Crippen LogP contribution >= 0.6 is 11.3 Å². The van der Waals surface area contributed by atoms with Crippen molar-refractivity contribution in [2.75, 3.05) is 7.11 Å². The van der Waals surface area contributed by atoms with E-state index in [1.54, 1.807) is 23.0 Å². The summed E-state index contributed by atoms with van der Waals surface area (Å²) < 4.78 is 6.95. The molecular weight excluding hydrogens is 348 g/mol. The zero-order chi connectivity index (χ0) is 18.8. The molecule has 0 aliphatic rings. The summed E-state index contributed by atoms with van der Waals surface area (Å²) in [5, 5.41) is 0.634. The van der Waals surface area contributed by atoms with Gasteiger partial charge in [-0.15, -0.1) is 11.3 Å². The summed E-state index contributed by atoms with van der Waals surface area (Å²) in [6.07, 6.45) is 1.15. The van der Waals surface area contributed by atoms with Crippen LogP contribution in [0.2, 0.25) is 0 Å². The normalized spacial score (nSPS) is 11.1. The Balaban J connectivity index is 2.29. The van der Waals surface area contributed by atoms with E-state index in [4.69, 9.17) is 4.74 Å². The van der Waals surface area contributed by atoms with Crippen molar-refractivity contribution in [2.45, 2.75) is 40.2 Å². The lowest BCUT2D eigenvalue weighted by atomic mass is 10.0. The van der Waals surface area contributed by atoms with E-state index in [-0.39, 0.29) is 11.3 Å². The van der Waals surface area contributed by atoms with Crippen LogP contribution in [0.1, 0.15) is 31.0 Å². The number of Topliss-reactive ketones (excluding diaryl/α,β-unsaturated/α-hetero) is 1. The van der Waals surface area contributed by atoms with Crippen LogP contribution in [0, 0.1) is 6.92 Å². The average Bonchev–Trinajstić information content (AvgIpc) is 2.99. The number of ether oxygens (including phenoxy) is 1. The molecule has 0 spiro atoms. The van der Waals surface area contributed by atoms with Crippen molar-refractivity contribution in [2.24, 2.45) is 0 Å². The molecule has 0 N–H and O–H groups in total. The van der Waals surface area contributed by atoms with Crippen LogP contribution in [0.15, 0.2) is 29.1 Å². The Bertz CT molecular complexity index is 1030. The van der Waals surface area contributed by atoms with Crippen molar-refractivity contribution in [1.82, 2.24) is 9.55 Å². The number of thiophene rings is 1. The molecule has 0 amide bonds. The van der Waals surface area contributed by atoms with E-state index in [1.165, 1.54) is 6.92 Å². The molecule has 0 unspecified atom stereocenters. The molecule has 2 aromatic heterocycles. The molecule has 0 radical (unpaired) electrons. The number of ketones is 1. The minimum absolute atomic E-state index is 0.0592. The number of carbonyl (C=O) groups is 1. The quantitative estimate of drug-likeness (QED) is 0.658. The maximum Gasteiger partial charge on any atom is 0.262 e. The molecule has 0 saturated carbocycles. The number of fused-ring (bicyclic) bond motifs is 1. The molecule has 0 saturated heterocycles. The van der Waals surface area contributed by atoms with E-state index in [1.807, 2.05) is 31.2 Å². The van der Waals surface area contributed by atoms with Gasteiger partial charge in [-0.1, -0.05) is 19.1 Å². The highest BCUT2D eigenvalue weighted by atomic mass is 32.1. The number of aryl methyl sites for hydroxylation is 2. The second-order valence-corrected chi connectivity index (χ2v) is 7.32. The van der Waals surface area contributed by atoms with Gasteiger partial charge >= 0.3 is 0 Å². The van der Waals surface area contributed by atoms with Gasteiger partial charge in [0, 0.05) is 23.4 Å². The van der Waals surface area contributed by atoms with Gasteiger partial charge in [-0.3, -0.25) is 14.2 Å². The number of hydrogen-bond donors (Lipinski definition) is 0. The van der Waals surface area contributed by atoms with Crippen molar-refractivity contribution in [1.29, 1.82) is 0 Å². The Morgan fingerprint density at radius 1 is 1.35 bits per heavy atom. The van der Waals surface area contributed by atoms with Gasteiger partial charge in [-0.2, -0.15) is 0 Å². The first-order valence-electron chi connectivity index (χ1n) is 8.63. The summed E-state index contributed by atoms with van der Waals surface area (Å²) in [6.45, 7) is 5.79. The van der Waals surface area contributed by atoms with Crippen molar-refractivity contribution in [3.05, 3.63) is 45.3 Å². The number of nitrogens with zero attached hydrogens (tertiary/aromatic N) is 2. The number of benzene rings is 1. The summed E-state index contributed by atoms with van der Waals surface area (Å²) in [4.78, 5) is 31.1. The fourth-order valence-electron chi connectivity index (χ4n) is 3.10. The van der Waals surface area contributed by atoms with Crippen LogP contribution in [0.25, 0.3) is 21.3 Å². The van der Waals surface area contributed by atoms with Crippen LogP contribution in [-0.4, -0.2) is 22.4 Å². The molecule has 136 valence electrons. The number of carbonyl (C=O) groups excluding carboxylic acids is 1. The van der Waals surface area contributed by atoms with Crippen molar-refractivity contribution in [3.63, 3.8) is 0 Å². The summed E-state index contributed by atoms with van der Waals surface area (Å²) in [5.74, 6) is 1.45. The lowest BCUT2D eigenvalue weighted by Gasteiger charge is -2.10. The van der Waals surface area contributed by atoms with Crippen LogP contribution in [0.3, 0.4) is 0 Å². The molecular formula is C20H22N2O3S. The molecule has 0 aliphatic carbocycles. The van der Waals surface area contributed by atoms with Crippen molar-refractivity contribution < 1.29 is 9.53 Å². The minimum Gasteiger partial charge on any atom is -0.497 e. The average molecular weight is 370 g/mol. The molecule has 3 rings (SSSR count). The Kier molecular flexibility index (Phi) is 5.23. The van der Waals surface area contributed by atoms with E-state index >= 15 is 0 Å². The van der Waals surface area contributed by atoms with Gasteiger partial charge in [0.05, 0.1) is 12.5 Å². The topological polar surface area (TPSA) is 61.2 Å². The predicted octanol–water partition coefficient (Wildman–Crippen LogP) is 3.98. The highest BCUT2D eigenvalue weighted by Gasteiger charge is 2.20. The summed E-state index contributed by atoms with van der Waals surface area (Å²) in [5.41, 5.74) is 1.80. The van der Waals surface area contributed by atoms with Crippen LogP contribution in [-0.2, 0) is 17.8 Å². The van der Waals surface area contributed by atoms with E-state index in [0.29, 0.717) is 24.2 Å². The predicted molar refractivity (Wildman–Crippen MR) is 105 cm³/mol. The third-order valence-electron chi connectivity index (χ3n) is 4.44. The van der Waals surface area contributed by atoms with E-state index in [2.05, 4.69) is 11.9 Å². The molecule has 0 bridgehead atoms. The number of methoxy groups -OCH3 is 1. The molecule has 1 aromatic carbocycles. The highest BCUT2D eigenvalue weighted by molar-refractivity contribution is 7.19. The molecule has 0 aliphatic heterocycles. The van der Waals surface area contributed by atoms with Gasteiger partial charge in [-0.05, 0) is 38.0 Å². The number of aromatic nitrogens is 2. The fraction of sp³-hybridized carbons (Fsp3) is 0.350. The molecule has 2 heterocycles. The zero-order valence-corrected chi connectivity index (χ0v) is 16.3. The third kappa shape index (κ3) is 3.29. The van der Waals surface area contributed by atoms with E-state index in [9.17, 15) is 9.59 Å². The van der Waals surface area contributed by atoms with Crippen molar-refractivity contribution in [3.8, 4) is 16.9 Å². The number of hydrogen-bond acceptors (Lipinski definition) is 5. The smallest absolute Gasteiger partial charge is 0.262 e. The van der Waals surface area contributed by atoms with Crippen molar-refractivity contribution >= 4 is 27.3 Å². The van der Waals surface area contributed by atoms with E-state index in [0.717, 1.165) is 33.0 Å². The first-order valence-corrected chi connectivity index (χ1v) is 9.44. The van der Waals surface area contributed by atoms with Gasteiger partial charge in [0.25, 0.3) is 5.56 Å². The third-order valence-corrected chi connectivity index (χ3v) is 5.67. The zero-order valence-electron chi connectivity index (χ0n) is 15.5. The van der Waals surface area contributed by atoms with E-state index < -0.39 is 0 Å². The molecule has 26 heavy (non-hydrogen) atoms. The first kappa shape index (κ1) is 18.3. The Morgan fingerprint density at radius 2 is 2.12 bits per heavy atom. The second-order valence-electron chi connectivity index (χ2n) is 6.23. The molecule has 6 heteroatoms. The van der Waals surface area contributed by atoms with Gasteiger partial charge in [0.15, 0.2) is 0 Å². The monoisotopic (exact) mass is 370 g/mol. The lowest BCUT2D eigenvalue weighted by Crippen LogP contribution is -2.24. The molecule has 3 aromatic rings. The summed E-state index contributed by atoms with van der Waals surface area (Å²) >= 11 is 1.56.